The molecule has 0 fully saturated rings. The molecule has 2 N–H and O–H groups in total. The number of benzene rings is 3. The van der Waals surface area contributed by atoms with Gasteiger partial charge in [0, 0.05) is 16.5 Å². The van der Waals surface area contributed by atoms with Gasteiger partial charge in [-0.3, -0.25) is 10.1 Å². The predicted octanol–water partition coefficient (Wildman–Crippen LogP) is 5.24. The first kappa shape index (κ1) is 19.9. The highest BCUT2D eigenvalue weighted by molar-refractivity contribution is 7.80. The van der Waals surface area contributed by atoms with Crippen molar-refractivity contribution in [3.05, 3.63) is 77.4 Å². The number of aromatic nitrogens is 1. The molecule has 5 nitrogen and oxygen atoms in total. The lowest BCUT2D eigenvalue weighted by Crippen LogP contribution is -2.34. The molecule has 4 aromatic rings. The van der Waals surface area contributed by atoms with Crippen LogP contribution < -0.4 is 15.4 Å². The summed E-state index contributed by atoms with van der Waals surface area (Å²) in [7, 11) is 1.41. The van der Waals surface area contributed by atoms with E-state index in [-0.39, 0.29) is 16.8 Å². The normalized spacial score (nSPS) is 10.6. The molecule has 0 saturated carbocycles. The second kappa shape index (κ2) is 8.56. The fourth-order valence-corrected chi connectivity index (χ4v) is 3.99. The fraction of sp³-hybridized carbons (Fsp3) is 0.0455. The number of carbonyl (C=O) groups excluding carboxylic acids is 1. The quantitative estimate of drug-likeness (QED) is 0.428. The van der Waals surface area contributed by atoms with Crippen LogP contribution in [0.5, 0.6) is 5.75 Å². The maximum Gasteiger partial charge on any atom is 0.258 e. The van der Waals surface area contributed by atoms with Gasteiger partial charge >= 0.3 is 0 Å². The van der Waals surface area contributed by atoms with Crippen LogP contribution in [0.2, 0.25) is 0 Å². The molecule has 8 heteroatoms. The van der Waals surface area contributed by atoms with Gasteiger partial charge in [-0.25, -0.2) is 9.37 Å². The van der Waals surface area contributed by atoms with Crippen molar-refractivity contribution in [1.82, 2.24) is 10.3 Å². The summed E-state index contributed by atoms with van der Waals surface area (Å²) in [6.45, 7) is 0. The van der Waals surface area contributed by atoms with Crippen molar-refractivity contribution >= 4 is 50.5 Å². The molecule has 0 aliphatic rings. The molecule has 30 heavy (non-hydrogen) atoms. The van der Waals surface area contributed by atoms with E-state index in [4.69, 9.17) is 17.0 Å². The van der Waals surface area contributed by atoms with Gasteiger partial charge in [0.15, 0.2) is 21.8 Å². The molecule has 1 amide bonds. The second-order valence-corrected chi connectivity index (χ2v) is 7.59. The molecule has 0 bridgehead atoms. The van der Waals surface area contributed by atoms with E-state index in [0.717, 1.165) is 10.8 Å². The van der Waals surface area contributed by atoms with Crippen molar-refractivity contribution in [2.75, 3.05) is 12.4 Å². The van der Waals surface area contributed by atoms with Crippen molar-refractivity contribution < 1.29 is 13.9 Å². The minimum absolute atomic E-state index is 0.134. The number of nitrogens with one attached hydrogen (secondary N) is 2. The van der Waals surface area contributed by atoms with Gasteiger partial charge in [0.05, 0.1) is 12.8 Å². The number of rotatable bonds is 4. The van der Waals surface area contributed by atoms with Crippen molar-refractivity contribution in [2.24, 2.45) is 0 Å². The summed E-state index contributed by atoms with van der Waals surface area (Å²) in [5.41, 5.74) is 1.74. The largest absolute Gasteiger partial charge is 0.494 e. The topological polar surface area (TPSA) is 63.2 Å². The molecular formula is C22H16FN3O2S2. The van der Waals surface area contributed by atoms with E-state index in [1.54, 1.807) is 23.6 Å². The molecule has 1 heterocycles. The molecule has 0 atom stereocenters. The van der Waals surface area contributed by atoms with Gasteiger partial charge in [-0.15, -0.1) is 11.3 Å². The molecule has 0 unspecified atom stereocenters. The van der Waals surface area contributed by atoms with E-state index >= 15 is 0 Å². The standard InChI is InChI=1S/C22H16FN3O2S2/c1-28-19-10-9-14(11-17(19)23)18-12-30-22(24-18)26-21(29)25-20(27)16-8-4-6-13-5-2-3-7-15(13)16/h2-12H,1H3,(H2,24,25,26,27,29). The number of carbonyl (C=O) groups is 1. The van der Waals surface area contributed by atoms with E-state index in [9.17, 15) is 9.18 Å². The number of nitrogens with zero attached hydrogens (tertiary/aromatic N) is 1. The third-order valence-corrected chi connectivity index (χ3v) is 5.40. The Labute approximate surface area is 181 Å². The first-order valence-electron chi connectivity index (χ1n) is 8.94. The zero-order chi connectivity index (χ0) is 21.1. The third-order valence-electron chi connectivity index (χ3n) is 4.43. The lowest BCUT2D eigenvalue weighted by atomic mass is 10.0. The van der Waals surface area contributed by atoms with Crippen LogP contribution in [-0.2, 0) is 0 Å². The van der Waals surface area contributed by atoms with Gasteiger partial charge in [0.25, 0.3) is 5.91 Å². The third kappa shape index (κ3) is 4.14. The van der Waals surface area contributed by atoms with Crippen LogP contribution >= 0.6 is 23.6 Å². The molecule has 0 aliphatic heterocycles. The molecule has 4 rings (SSSR count). The van der Waals surface area contributed by atoms with Gasteiger partial charge < -0.3 is 10.1 Å². The Morgan fingerprint density at radius 3 is 2.73 bits per heavy atom. The number of hydrogen-bond acceptors (Lipinski definition) is 5. The van der Waals surface area contributed by atoms with Crippen molar-refractivity contribution in [3.8, 4) is 17.0 Å². The number of halogens is 1. The molecule has 0 spiro atoms. The number of thiocarbonyl (C=S) groups is 1. The maximum absolute atomic E-state index is 13.9. The highest BCUT2D eigenvalue weighted by Crippen LogP contribution is 2.28. The van der Waals surface area contributed by atoms with Crippen LogP contribution in [0.1, 0.15) is 10.4 Å². The van der Waals surface area contributed by atoms with Crippen LogP contribution in [0.25, 0.3) is 22.0 Å². The Morgan fingerprint density at radius 1 is 1.13 bits per heavy atom. The lowest BCUT2D eigenvalue weighted by Gasteiger charge is -2.09. The highest BCUT2D eigenvalue weighted by Gasteiger charge is 2.13. The number of hydrogen-bond donors (Lipinski definition) is 2. The van der Waals surface area contributed by atoms with E-state index < -0.39 is 5.82 Å². The average molecular weight is 438 g/mol. The lowest BCUT2D eigenvalue weighted by molar-refractivity contribution is 0.0979. The first-order valence-corrected chi connectivity index (χ1v) is 10.2. The molecular weight excluding hydrogens is 421 g/mol. The molecule has 3 aromatic carbocycles. The Balaban J connectivity index is 1.46. The van der Waals surface area contributed by atoms with Crippen LogP contribution in [0, 0.1) is 5.82 Å². The smallest absolute Gasteiger partial charge is 0.258 e. The SMILES string of the molecule is COc1ccc(-c2csc(NC(=S)NC(=O)c3cccc4ccccc34)n2)cc1F. The number of anilines is 1. The number of methoxy groups -OCH3 is 1. The van der Waals surface area contributed by atoms with Gasteiger partial charge in [-0.1, -0.05) is 36.4 Å². The summed E-state index contributed by atoms with van der Waals surface area (Å²) in [4.78, 5) is 17.1. The number of fused-ring (bicyclic) bond motifs is 1. The van der Waals surface area contributed by atoms with E-state index in [1.807, 2.05) is 36.4 Å². The maximum atomic E-state index is 13.9. The molecule has 0 saturated heterocycles. The molecule has 150 valence electrons. The van der Waals surface area contributed by atoms with E-state index in [0.29, 0.717) is 22.0 Å². The van der Waals surface area contributed by atoms with Gasteiger partial charge in [-0.05, 0) is 47.3 Å². The van der Waals surface area contributed by atoms with Crippen molar-refractivity contribution in [3.63, 3.8) is 0 Å². The Kier molecular flexibility index (Phi) is 5.69. The molecule has 1 aromatic heterocycles. The highest BCUT2D eigenvalue weighted by atomic mass is 32.1. The van der Waals surface area contributed by atoms with E-state index in [1.165, 1.54) is 24.5 Å². The molecule has 0 radical (unpaired) electrons. The second-order valence-electron chi connectivity index (χ2n) is 6.32. The van der Waals surface area contributed by atoms with Crippen LogP contribution in [0.15, 0.2) is 66.0 Å². The van der Waals surface area contributed by atoms with Gasteiger partial charge in [0.2, 0.25) is 0 Å². The zero-order valence-corrected chi connectivity index (χ0v) is 17.4. The van der Waals surface area contributed by atoms with Crippen molar-refractivity contribution in [1.29, 1.82) is 0 Å². The van der Waals surface area contributed by atoms with Crippen molar-refractivity contribution in [2.45, 2.75) is 0 Å². The summed E-state index contributed by atoms with van der Waals surface area (Å²) < 4.78 is 18.9. The average Bonchev–Trinajstić information content (AvgIpc) is 3.21. The van der Waals surface area contributed by atoms with Crippen LogP contribution in [0.4, 0.5) is 9.52 Å². The summed E-state index contributed by atoms with van der Waals surface area (Å²) >= 11 is 6.56. The zero-order valence-electron chi connectivity index (χ0n) is 15.8. The Hall–Kier alpha value is -3.36. The number of thiazole rings is 1. The van der Waals surface area contributed by atoms with Crippen LogP contribution in [-0.4, -0.2) is 23.1 Å². The minimum atomic E-state index is -0.463. The fourth-order valence-electron chi connectivity index (χ4n) is 3.01. The number of amides is 1. The summed E-state index contributed by atoms with van der Waals surface area (Å²) in [6.07, 6.45) is 0. The molecule has 0 aliphatic carbocycles. The van der Waals surface area contributed by atoms with E-state index in [2.05, 4.69) is 15.6 Å². The van der Waals surface area contributed by atoms with Gasteiger partial charge in [-0.2, -0.15) is 0 Å². The monoisotopic (exact) mass is 437 g/mol. The predicted molar refractivity (Wildman–Crippen MR) is 122 cm³/mol. The first-order chi connectivity index (χ1) is 14.5. The summed E-state index contributed by atoms with van der Waals surface area (Å²) in [5, 5.41) is 9.81. The van der Waals surface area contributed by atoms with Gasteiger partial charge in [0.1, 0.15) is 0 Å². The summed E-state index contributed by atoms with van der Waals surface area (Å²) in [5.74, 6) is -0.599. The summed E-state index contributed by atoms with van der Waals surface area (Å²) in [6, 6.07) is 17.8. The Morgan fingerprint density at radius 2 is 1.93 bits per heavy atom. The van der Waals surface area contributed by atoms with Crippen LogP contribution in [0.3, 0.4) is 0 Å². The minimum Gasteiger partial charge on any atom is -0.494 e. The number of ether oxygens (including phenoxy) is 1. The Bertz CT molecular complexity index is 1250.